The number of rotatable bonds is 3. The standard InChI is InChI=1S/C16H18FNO/c1-10-4-6-14(17)8-13(10)9-18-15-7-5-11(2)16(19)12(15)3/h4-8,18-19H,9H2,1-3H3. The summed E-state index contributed by atoms with van der Waals surface area (Å²) in [6, 6.07) is 8.56. The van der Waals surface area contributed by atoms with Crippen LogP contribution in [0.2, 0.25) is 0 Å². The van der Waals surface area contributed by atoms with Gasteiger partial charge in [-0.2, -0.15) is 0 Å². The molecule has 0 fully saturated rings. The lowest BCUT2D eigenvalue weighted by molar-refractivity contribution is 0.467. The highest BCUT2D eigenvalue weighted by Crippen LogP contribution is 2.28. The molecule has 0 bridgehead atoms. The van der Waals surface area contributed by atoms with Gasteiger partial charge in [-0.25, -0.2) is 4.39 Å². The van der Waals surface area contributed by atoms with E-state index >= 15 is 0 Å². The minimum absolute atomic E-state index is 0.231. The van der Waals surface area contributed by atoms with Gasteiger partial charge in [0.2, 0.25) is 0 Å². The van der Waals surface area contributed by atoms with Crippen molar-refractivity contribution in [2.24, 2.45) is 0 Å². The molecule has 100 valence electrons. The molecule has 0 atom stereocenters. The third-order valence-electron chi connectivity index (χ3n) is 3.41. The van der Waals surface area contributed by atoms with Gasteiger partial charge in [0.15, 0.2) is 0 Å². The third-order valence-corrected chi connectivity index (χ3v) is 3.41. The van der Waals surface area contributed by atoms with Gasteiger partial charge >= 0.3 is 0 Å². The van der Waals surface area contributed by atoms with Crippen LogP contribution in [0.15, 0.2) is 30.3 Å². The third kappa shape index (κ3) is 2.87. The Labute approximate surface area is 112 Å². The molecule has 0 saturated heterocycles. The van der Waals surface area contributed by atoms with Crippen molar-refractivity contribution in [2.45, 2.75) is 27.3 Å². The van der Waals surface area contributed by atoms with E-state index in [9.17, 15) is 9.50 Å². The second kappa shape index (κ2) is 5.31. The molecule has 0 saturated carbocycles. The van der Waals surface area contributed by atoms with Crippen LogP contribution in [0.5, 0.6) is 5.75 Å². The highest BCUT2D eigenvalue weighted by atomic mass is 19.1. The summed E-state index contributed by atoms with van der Waals surface area (Å²) in [6.45, 7) is 6.22. The lowest BCUT2D eigenvalue weighted by Gasteiger charge is -2.13. The predicted octanol–water partition coefficient (Wildman–Crippen LogP) is 4.07. The van der Waals surface area contributed by atoms with Crippen molar-refractivity contribution < 1.29 is 9.50 Å². The molecule has 0 spiro atoms. The fourth-order valence-electron chi connectivity index (χ4n) is 2.05. The molecule has 0 heterocycles. The molecule has 2 rings (SSSR count). The van der Waals surface area contributed by atoms with Crippen LogP contribution in [0.4, 0.5) is 10.1 Å². The molecule has 3 heteroatoms. The Balaban J connectivity index is 2.19. The number of anilines is 1. The first-order chi connectivity index (χ1) is 8.99. The van der Waals surface area contributed by atoms with Crippen LogP contribution in [0, 0.1) is 26.6 Å². The zero-order valence-corrected chi connectivity index (χ0v) is 11.4. The summed E-state index contributed by atoms with van der Waals surface area (Å²) >= 11 is 0. The molecular weight excluding hydrogens is 241 g/mol. The summed E-state index contributed by atoms with van der Waals surface area (Å²) in [4.78, 5) is 0. The maximum atomic E-state index is 13.2. The smallest absolute Gasteiger partial charge is 0.123 e. The van der Waals surface area contributed by atoms with Gasteiger partial charge in [0.1, 0.15) is 11.6 Å². The molecule has 2 aromatic carbocycles. The minimum atomic E-state index is -0.231. The molecule has 0 aliphatic rings. The number of aryl methyl sites for hydroxylation is 2. The second-order valence-corrected chi connectivity index (χ2v) is 4.83. The highest BCUT2D eigenvalue weighted by molar-refractivity contribution is 5.59. The van der Waals surface area contributed by atoms with Gasteiger partial charge in [-0.3, -0.25) is 0 Å². The van der Waals surface area contributed by atoms with E-state index in [0.29, 0.717) is 12.3 Å². The van der Waals surface area contributed by atoms with Crippen LogP contribution in [-0.2, 0) is 6.54 Å². The molecule has 19 heavy (non-hydrogen) atoms. The van der Waals surface area contributed by atoms with Crippen LogP contribution in [-0.4, -0.2) is 5.11 Å². The Morgan fingerprint density at radius 1 is 1.05 bits per heavy atom. The van der Waals surface area contributed by atoms with Crippen molar-refractivity contribution in [3.8, 4) is 5.75 Å². The van der Waals surface area contributed by atoms with Gasteiger partial charge in [0, 0.05) is 17.8 Å². The maximum absolute atomic E-state index is 13.2. The summed E-state index contributed by atoms with van der Waals surface area (Å²) in [5, 5.41) is 13.1. The first kappa shape index (κ1) is 13.4. The quantitative estimate of drug-likeness (QED) is 0.871. The molecule has 0 aliphatic heterocycles. The number of nitrogens with one attached hydrogen (secondary N) is 1. The molecule has 2 nitrogen and oxygen atoms in total. The number of phenolic OH excluding ortho intramolecular Hbond substituents is 1. The van der Waals surface area contributed by atoms with E-state index in [2.05, 4.69) is 5.32 Å². The Hall–Kier alpha value is -2.03. The van der Waals surface area contributed by atoms with Crippen molar-refractivity contribution in [2.75, 3.05) is 5.32 Å². The molecule has 0 amide bonds. The number of halogens is 1. The molecule has 0 unspecified atom stereocenters. The summed E-state index contributed by atoms with van der Waals surface area (Å²) in [5.41, 5.74) is 4.49. The second-order valence-electron chi connectivity index (χ2n) is 4.83. The lowest BCUT2D eigenvalue weighted by Crippen LogP contribution is -2.03. The van der Waals surface area contributed by atoms with Crippen LogP contribution >= 0.6 is 0 Å². The Bertz CT molecular complexity index is 608. The first-order valence-electron chi connectivity index (χ1n) is 6.27. The van der Waals surface area contributed by atoms with Crippen LogP contribution < -0.4 is 5.32 Å². The van der Waals surface area contributed by atoms with E-state index < -0.39 is 0 Å². The van der Waals surface area contributed by atoms with Crippen LogP contribution in [0.25, 0.3) is 0 Å². The van der Waals surface area contributed by atoms with E-state index in [0.717, 1.165) is 27.9 Å². The Morgan fingerprint density at radius 2 is 1.74 bits per heavy atom. The van der Waals surface area contributed by atoms with Crippen molar-refractivity contribution in [3.05, 3.63) is 58.4 Å². The minimum Gasteiger partial charge on any atom is -0.507 e. The SMILES string of the molecule is Cc1ccc(F)cc1CNc1ccc(C)c(O)c1C. The predicted molar refractivity (Wildman–Crippen MR) is 76.0 cm³/mol. The maximum Gasteiger partial charge on any atom is 0.123 e. The van der Waals surface area contributed by atoms with Crippen molar-refractivity contribution in [1.29, 1.82) is 0 Å². The zero-order chi connectivity index (χ0) is 14.0. The van der Waals surface area contributed by atoms with Crippen LogP contribution in [0.1, 0.15) is 22.3 Å². The van der Waals surface area contributed by atoms with Crippen molar-refractivity contribution in [3.63, 3.8) is 0 Å². The van der Waals surface area contributed by atoms with Gasteiger partial charge in [-0.1, -0.05) is 12.1 Å². The first-order valence-corrected chi connectivity index (χ1v) is 6.27. The number of hydrogen-bond acceptors (Lipinski definition) is 2. The van der Waals surface area contributed by atoms with E-state index in [4.69, 9.17) is 0 Å². The normalized spacial score (nSPS) is 10.5. The average molecular weight is 259 g/mol. The van der Waals surface area contributed by atoms with Gasteiger partial charge in [0.25, 0.3) is 0 Å². The number of benzene rings is 2. The molecule has 2 N–H and O–H groups in total. The monoisotopic (exact) mass is 259 g/mol. The number of phenols is 1. The highest BCUT2D eigenvalue weighted by Gasteiger charge is 2.06. The van der Waals surface area contributed by atoms with Gasteiger partial charge in [0.05, 0.1) is 0 Å². The summed E-state index contributed by atoms with van der Waals surface area (Å²) in [7, 11) is 0. The van der Waals surface area contributed by atoms with Crippen molar-refractivity contribution in [1.82, 2.24) is 0 Å². The van der Waals surface area contributed by atoms with Gasteiger partial charge < -0.3 is 10.4 Å². The molecular formula is C16H18FNO. The average Bonchev–Trinajstić information content (AvgIpc) is 2.39. The summed E-state index contributed by atoms with van der Waals surface area (Å²) < 4.78 is 13.2. The summed E-state index contributed by atoms with van der Waals surface area (Å²) in [5.74, 6) is 0.0758. The number of aromatic hydroxyl groups is 1. The molecule has 2 aromatic rings. The van der Waals surface area contributed by atoms with Gasteiger partial charge in [-0.05, 0) is 55.7 Å². The van der Waals surface area contributed by atoms with Crippen molar-refractivity contribution >= 4 is 5.69 Å². The lowest BCUT2D eigenvalue weighted by atomic mass is 10.1. The fourth-order valence-corrected chi connectivity index (χ4v) is 2.05. The fraction of sp³-hybridized carbons (Fsp3) is 0.250. The number of hydrogen-bond donors (Lipinski definition) is 2. The van der Waals surface area contributed by atoms with E-state index in [1.807, 2.05) is 32.9 Å². The molecule has 0 aromatic heterocycles. The van der Waals surface area contributed by atoms with Crippen LogP contribution in [0.3, 0.4) is 0 Å². The summed E-state index contributed by atoms with van der Waals surface area (Å²) in [6.07, 6.45) is 0. The van der Waals surface area contributed by atoms with E-state index in [1.165, 1.54) is 12.1 Å². The molecule has 0 radical (unpaired) electrons. The topological polar surface area (TPSA) is 32.3 Å². The Kier molecular flexibility index (Phi) is 3.74. The Morgan fingerprint density at radius 3 is 2.47 bits per heavy atom. The van der Waals surface area contributed by atoms with Gasteiger partial charge in [-0.15, -0.1) is 0 Å². The zero-order valence-electron chi connectivity index (χ0n) is 11.4. The van der Waals surface area contributed by atoms with E-state index in [1.54, 1.807) is 6.07 Å². The molecule has 0 aliphatic carbocycles. The largest absolute Gasteiger partial charge is 0.507 e. The van der Waals surface area contributed by atoms with E-state index in [-0.39, 0.29) is 5.82 Å².